The van der Waals surface area contributed by atoms with Crippen LogP contribution in [0.25, 0.3) is 11.4 Å². The highest BCUT2D eigenvalue weighted by atomic mass is 16.3. The number of anilines is 1. The van der Waals surface area contributed by atoms with Gasteiger partial charge in [0, 0.05) is 44.2 Å². The van der Waals surface area contributed by atoms with Gasteiger partial charge in [0.1, 0.15) is 11.5 Å². The first-order valence-electron chi connectivity index (χ1n) is 9.34. The maximum Gasteiger partial charge on any atom is 0.267 e. The van der Waals surface area contributed by atoms with E-state index in [9.17, 15) is 14.7 Å². The van der Waals surface area contributed by atoms with Crippen LogP contribution in [0.15, 0.2) is 30.3 Å². The molecule has 3 N–H and O–H groups in total. The van der Waals surface area contributed by atoms with E-state index in [2.05, 4.69) is 21.8 Å². The Balaban J connectivity index is 1.77. The van der Waals surface area contributed by atoms with Crippen molar-refractivity contribution in [3.05, 3.63) is 41.6 Å². The number of carbonyl (C=O) groups is 2. The normalized spacial score (nSPS) is 24.4. The summed E-state index contributed by atoms with van der Waals surface area (Å²) in [7, 11) is 1.67. The highest BCUT2D eigenvalue weighted by Gasteiger charge is 2.45. The molecule has 2 fully saturated rings. The molecule has 2 atom stereocenters. The number of primary amides is 1. The van der Waals surface area contributed by atoms with Crippen molar-refractivity contribution in [2.24, 2.45) is 5.73 Å². The van der Waals surface area contributed by atoms with Crippen LogP contribution >= 0.6 is 0 Å². The van der Waals surface area contributed by atoms with Crippen LogP contribution in [0.3, 0.4) is 0 Å². The number of likely N-dealkylation sites (tertiary alicyclic amines) is 1. The summed E-state index contributed by atoms with van der Waals surface area (Å²) < 4.78 is 0. The molecule has 0 aliphatic carbocycles. The lowest BCUT2D eigenvalue weighted by atomic mass is 9.91. The second-order valence-corrected chi connectivity index (χ2v) is 7.55. The molecule has 0 saturated carbocycles. The second-order valence-electron chi connectivity index (χ2n) is 7.55. The zero-order valence-corrected chi connectivity index (χ0v) is 15.9. The molecule has 2 aromatic rings. The van der Waals surface area contributed by atoms with Crippen molar-refractivity contribution in [1.29, 1.82) is 0 Å². The highest BCUT2D eigenvalue weighted by Crippen LogP contribution is 2.34. The Morgan fingerprint density at radius 2 is 2.07 bits per heavy atom. The smallest absolute Gasteiger partial charge is 0.267 e. The number of nitrogens with two attached hydrogens (primary N) is 1. The number of rotatable bonds is 4. The minimum absolute atomic E-state index is 0.139. The third-order valence-electron chi connectivity index (χ3n) is 5.69. The number of benzene rings is 1. The van der Waals surface area contributed by atoms with Crippen LogP contribution in [0.2, 0.25) is 0 Å². The molecule has 0 radical (unpaired) electrons. The Morgan fingerprint density at radius 3 is 2.64 bits per heavy atom. The Hall–Kier alpha value is -3.00. The number of nitrogens with zero attached hydrogens (tertiary/aromatic N) is 4. The predicted molar refractivity (Wildman–Crippen MR) is 104 cm³/mol. The first-order chi connectivity index (χ1) is 13.3. The van der Waals surface area contributed by atoms with E-state index in [0.717, 1.165) is 13.0 Å². The lowest BCUT2D eigenvalue weighted by Gasteiger charge is -2.39. The van der Waals surface area contributed by atoms with Gasteiger partial charge >= 0.3 is 0 Å². The molecule has 4 rings (SSSR count). The third-order valence-corrected chi connectivity index (χ3v) is 5.69. The molecule has 8 nitrogen and oxygen atoms in total. The average Bonchev–Trinajstić information content (AvgIpc) is 2.95. The molecule has 8 heteroatoms. The molecule has 28 heavy (non-hydrogen) atoms. The molecule has 0 bridgehead atoms. The van der Waals surface area contributed by atoms with Gasteiger partial charge in [-0.15, -0.1) is 0 Å². The number of amides is 2. The third kappa shape index (κ3) is 2.90. The van der Waals surface area contributed by atoms with Crippen molar-refractivity contribution < 1.29 is 14.7 Å². The van der Waals surface area contributed by atoms with Crippen LogP contribution in [0.4, 0.5) is 5.82 Å². The first-order valence-corrected chi connectivity index (χ1v) is 9.34. The standard InChI is InChI=1S/C20H23N5O3/c1-12-6-8-25(12)16-11-15(17(21)26)22-18(23-16)13-4-3-5-14(10-13)20(28)7-9-24(2)19(20)27/h3-5,10-12,28H,6-9H2,1-2H3,(H2,21,26)/t12-,20?/m0/s1. The average molecular weight is 381 g/mol. The minimum Gasteiger partial charge on any atom is -0.375 e. The van der Waals surface area contributed by atoms with Gasteiger partial charge in [-0.2, -0.15) is 0 Å². The van der Waals surface area contributed by atoms with Gasteiger partial charge in [-0.3, -0.25) is 9.59 Å². The Bertz CT molecular complexity index is 963. The maximum absolute atomic E-state index is 12.4. The monoisotopic (exact) mass is 381 g/mol. The lowest BCUT2D eigenvalue weighted by Crippen LogP contribution is -2.46. The summed E-state index contributed by atoms with van der Waals surface area (Å²) in [4.78, 5) is 36.7. The first kappa shape index (κ1) is 18.4. The summed E-state index contributed by atoms with van der Waals surface area (Å²) in [5.74, 6) is 0.0417. The zero-order valence-electron chi connectivity index (χ0n) is 15.9. The van der Waals surface area contributed by atoms with E-state index in [1.165, 1.54) is 4.90 Å². The van der Waals surface area contributed by atoms with Gasteiger partial charge in [0.2, 0.25) is 0 Å². The molecule has 2 aliphatic heterocycles. The van der Waals surface area contributed by atoms with Crippen molar-refractivity contribution in [3.8, 4) is 11.4 Å². The van der Waals surface area contributed by atoms with Crippen LogP contribution in [0.1, 0.15) is 35.8 Å². The van der Waals surface area contributed by atoms with E-state index < -0.39 is 11.5 Å². The van der Waals surface area contributed by atoms with E-state index in [1.807, 2.05) is 0 Å². The van der Waals surface area contributed by atoms with Gasteiger partial charge in [0.15, 0.2) is 11.4 Å². The Labute approximate surface area is 163 Å². The Kier molecular flexibility index (Phi) is 4.30. The number of hydrogen-bond donors (Lipinski definition) is 2. The van der Waals surface area contributed by atoms with Gasteiger partial charge in [0.25, 0.3) is 11.8 Å². The van der Waals surface area contributed by atoms with E-state index in [1.54, 1.807) is 37.4 Å². The van der Waals surface area contributed by atoms with Gasteiger partial charge < -0.3 is 20.6 Å². The summed E-state index contributed by atoms with van der Waals surface area (Å²) in [6, 6.07) is 8.91. The number of carbonyl (C=O) groups excluding carboxylic acids is 2. The zero-order chi connectivity index (χ0) is 20.1. The predicted octanol–water partition coefficient (Wildman–Crippen LogP) is 0.891. The van der Waals surface area contributed by atoms with Gasteiger partial charge in [-0.25, -0.2) is 9.97 Å². The maximum atomic E-state index is 12.4. The summed E-state index contributed by atoms with van der Waals surface area (Å²) in [5.41, 5.74) is 5.16. The van der Waals surface area contributed by atoms with E-state index in [-0.39, 0.29) is 11.6 Å². The molecule has 1 unspecified atom stereocenters. The fourth-order valence-corrected chi connectivity index (χ4v) is 3.73. The molecule has 2 saturated heterocycles. The fraction of sp³-hybridized carbons (Fsp3) is 0.400. The quantitative estimate of drug-likeness (QED) is 0.813. The molecular weight excluding hydrogens is 358 g/mol. The molecule has 3 heterocycles. The van der Waals surface area contributed by atoms with Gasteiger partial charge in [-0.1, -0.05) is 18.2 Å². The summed E-state index contributed by atoms with van der Waals surface area (Å²) in [6.45, 7) is 3.44. The van der Waals surface area contributed by atoms with E-state index >= 15 is 0 Å². The largest absolute Gasteiger partial charge is 0.375 e. The Morgan fingerprint density at radius 1 is 1.29 bits per heavy atom. The molecule has 2 aliphatic rings. The van der Waals surface area contributed by atoms with Crippen molar-refractivity contribution in [3.63, 3.8) is 0 Å². The molecular formula is C20H23N5O3. The fourth-order valence-electron chi connectivity index (χ4n) is 3.73. The molecule has 1 aromatic carbocycles. The van der Waals surface area contributed by atoms with E-state index in [4.69, 9.17) is 5.73 Å². The molecule has 1 aromatic heterocycles. The van der Waals surface area contributed by atoms with Crippen molar-refractivity contribution >= 4 is 17.6 Å². The summed E-state index contributed by atoms with van der Waals surface area (Å²) in [5, 5.41) is 10.9. The summed E-state index contributed by atoms with van der Waals surface area (Å²) in [6.07, 6.45) is 1.38. The molecule has 0 spiro atoms. The second kappa shape index (κ2) is 6.56. The number of aliphatic hydroxyl groups is 1. The number of likely N-dealkylation sites (N-methyl/N-ethyl adjacent to an activating group) is 1. The molecule has 2 amide bonds. The lowest BCUT2D eigenvalue weighted by molar-refractivity contribution is -0.143. The molecule has 146 valence electrons. The number of aromatic nitrogens is 2. The van der Waals surface area contributed by atoms with Crippen molar-refractivity contribution in [2.75, 3.05) is 25.0 Å². The SMILES string of the molecule is C[C@H]1CCN1c1cc(C(N)=O)nc(-c2cccc(C3(O)CCN(C)C3=O)c2)n1. The van der Waals surface area contributed by atoms with Crippen molar-refractivity contribution in [1.82, 2.24) is 14.9 Å². The topological polar surface area (TPSA) is 113 Å². The van der Waals surface area contributed by atoms with Crippen LogP contribution in [0.5, 0.6) is 0 Å². The van der Waals surface area contributed by atoms with Crippen molar-refractivity contribution in [2.45, 2.75) is 31.4 Å². The highest BCUT2D eigenvalue weighted by molar-refractivity contribution is 5.92. The van der Waals surface area contributed by atoms with Crippen LogP contribution < -0.4 is 10.6 Å². The number of hydrogen-bond acceptors (Lipinski definition) is 6. The van der Waals surface area contributed by atoms with Gasteiger partial charge in [-0.05, 0) is 25.0 Å². The summed E-state index contributed by atoms with van der Waals surface area (Å²) >= 11 is 0. The van der Waals surface area contributed by atoms with Crippen LogP contribution in [-0.2, 0) is 10.4 Å². The minimum atomic E-state index is -1.55. The van der Waals surface area contributed by atoms with Gasteiger partial charge in [0.05, 0.1) is 0 Å². The van der Waals surface area contributed by atoms with Crippen LogP contribution in [-0.4, -0.2) is 58.0 Å². The van der Waals surface area contributed by atoms with Crippen LogP contribution in [0, 0.1) is 0 Å². The van der Waals surface area contributed by atoms with E-state index in [0.29, 0.717) is 41.8 Å².